The van der Waals surface area contributed by atoms with Crippen LogP contribution in [-0.2, 0) is 14.8 Å². The number of benzene rings is 4. The van der Waals surface area contributed by atoms with Gasteiger partial charge in [-0.05, 0) is 103 Å². The van der Waals surface area contributed by atoms with E-state index < -0.39 is 31.4 Å². The highest BCUT2D eigenvalue weighted by atomic mass is 35.5. The Morgan fingerprint density at radius 3 is 2.48 bits per heavy atom. The molecule has 3 aliphatic rings. The number of rotatable bonds is 15. The second kappa shape index (κ2) is 19.1. The lowest BCUT2D eigenvalue weighted by molar-refractivity contribution is -0.384. The number of amides is 1. The molecule has 8 rings (SSSR count). The molecule has 63 heavy (non-hydrogen) atoms. The summed E-state index contributed by atoms with van der Waals surface area (Å²) in [6.07, 6.45) is 5.73. The molecule has 332 valence electrons. The monoisotopic (exact) mass is 895 g/mol. The summed E-state index contributed by atoms with van der Waals surface area (Å²) in [6, 6.07) is 24.3. The van der Waals surface area contributed by atoms with Crippen molar-refractivity contribution in [3.05, 3.63) is 123 Å². The van der Waals surface area contributed by atoms with Crippen LogP contribution in [0.15, 0.2) is 102 Å². The van der Waals surface area contributed by atoms with Crippen LogP contribution in [0.25, 0.3) is 16.5 Å². The van der Waals surface area contributed by atoms with Gasteiger partial charge >= 0.3 is 0 Å². The Morgan fingerprint density at radius 2 is 1.71 bits per heavy atom. The zero-order chi connectivity index (χ0) is 44.1. The van der Waals surface area contributed by atoms with Gasteiger partial charge in [0.2, 0.25) is 0 Å². The van der Waals surface area contributed by atoms with Crippen LogP contribution >= 0.6 is 11.6 Å². The van der Waals surface area contributed by atoms with Gasteiger partial charge in [0.25, 0.3) is 21.6 Å². The lowest BCUT2D eigenvalue weighted by atomic mass is 9.73. The van der Waals surface area contributed by atoms with Crippen LogP contribution in [0.2, 0.25) is 5.02 Å². The second-order valence-electron chi connectivity index (χ2n) is 17.3. The van der Waals surface area contributed by atoms with Crippen molar-refractivity contribution in [2.24, 2.45) is 5.41 Å². The summed E-state index contributed by atoms with van der Waals surface area (Å²) in [4.78, 5) is 35.2. The Bertz CT molecular complexity index is 2600. The largest absolute Gasteiger partial charge is 0.456 e. The molecule has 0 unspecified atom stereocenters. The second-order valence-corrected chi connectivity index (χ2v) is 19.4. The summed E-state index contributed by atoms with van der Waals surface area (Å²) in [5.74, 6) is -0.284. The number of nitrogens with zero attached hydrogens (tertiary/aromatic N) is 4. The molecule has 0 spiro atoms. The third kappa shape index (κ3) is 10.7. The first-order valence-corrected chi connectivity index (χ1v) is 23.4. The number of halogens is 1. The fraction of sp³-hybridized carbons (Fsp3) is 0.383. The number of nitro benzene ring substituents is 1. The molecule has 1 amide bonds. The number of anilines is 2. The fourth-order valence-corrected chi connectivity index (χ4v) is 9.92. The van der Waals surface area contributed by atoms with Crippen LogP contribution in [0.3, 0.4) is 0 Å². The van der Waals surface area contributed by atoms with Gasteiger partial charge in [-0.2, -0.15) is 0 Å². The molecule has 2 saturated heterocycles. The quantitative estimate of drug-likeness (QED) is 0.0525. The van der Waals surface area contributed by atoms with Crippen molar-refractivity contribution in [3.8, 4) is 11.5 Å². The van der Waals surface area contributed by atoms with Gasteiger partial charge in [-0.25, -0.2) is 13.1 Å². The summed E-state index contributed by atoms with van der Waals surface area (Å²) in [5, 5.41) is 16.7. The highest BCUT2D eigenvalue weighted by Gasteiger charge is 2.31. The summed E-state index contributed by atoms with van der Waals surface area (Å²) >= 11 is 6.24. The van der Waals surface area contributed by atoms with Gasteiger partial charge in [-0.3, -0.25) is 24.7 Å². The Balaban J connectivity index is 0.989. The first kappa shape index (κ1) is 44.2. The molecule has 1 aliphatic carbocycles. The number of H-pyrrole nitrogens is 1. The number of nitro groups is 1. The van der Waals surface area contributed by atoms with Crippen molar-refractivity contribution in [3.63, 3.8) is 0 Å². The van der Waals surface area contributed by atoms with E-state index in [4.69, 9.17) is 21.1 Å². The zero-order valence-electron chi connectivity index (χ0n) is 35.7. The first-order valence-electron chi connectivity index (χ1n) is 21.5. The zero-order valence-corrected chi connectivity index (χ0v) is 37.3. The predicted octanol–water partition coefficient (Wildman–Crippen LogP) is 8.56. The summed E-state index contributed by atoms with van der Waals surface area (Å²) in [6.45, 7) is 13.0. The van der Waals surface area contributed by atoms with Crippen molar-refractivity contribution in [2.75, 3.05) is 82.3 Å². The lowest BCUT2D eigenvalue weighted by Gasteiger charge is -2.39. The minimum Gasteiger partial charge on any atom is -0.456 e. The number of piperazine rings is 1. The summed E-state index contributed by atoms with van der Waals surface area (Å²) < 4.78 is 41.5. The number of carbonyl (C=O) groups excluding carboxylic acids is 1. The minimum atomic E-state index is -4.55. The van der Waals surface area contributed by atoms with Crippen LogP contribution in [0.4, 0.5) is 17.1 Å². The molecular weight excluding hydrogens is 842 g/mol. The number of hydrogen-bond donors (Lipinski definition) is 3. The molecule has 2 fully saturated rings. The highest BCUT2D eigenvalue weighted by molar-refractivity contribution is 7.90. The number of carbonyl (C=O) groups is 1. The topological polar surface area (TPSA) is 162 Å². The van der Waals surface area contributed by atoms with Crippen molar-refractivity contribution >= 4 is 61.1 Å². The van der Waals surface area contributed by atoms with E-state index in [1.165, 1.54) is 28.8 Å². The standard InChI is InChI=1S/C47H54ClN7O7S/c1-47(2)17-15-38(33-7-9-35(48)10-8-33)34(31-47)32-53-21-23-54(24-22-53)36-11-13-40(45(29-36)62-44-6-3-5-41-39(44)16-19-50-41)46(56)51-63(59,60)37-12-14-42(43(30-37)55(57)58)49-18-4-20-52-25-27-61-28-26-52/h3,5-14,16,19,29-30,49-50H,4,15,17-18,20-28,31-32H2,1-2H3,(H,51,56). The number of fused-ring (bicyclic) bond motifs is 1. The van der Waals surface area contributed by atoms with Crippen molar-refractivity contribution in [1.29, 1.82) is 0 Å². The lowest BCUT2D eigenvalue weighted by Crippen LogP contribution is -2.47. The summed E-state index contributed by atoms with van der Waals surface area (Å²) in [5.41, 5.74) is 5.78. The maximum absolute atomic E-state index is 14.0. The van der Waals surface area contributed by atoms with Crippen molar-refractivity contribution < 1.29 is 27.6 Å². The molecule has 0 radical (unpaired) electrons. The van der Waals surface area contributed by atoms with E-state index in [1.54, 1.807) is 30.5 Å². The van der Waals surface area contributed by atoms with Crippen LogP contribution in [0.1, 0.15) is 55.5 Å². The molecular formula is C47H54ClN7O7S. The van der Waals surface area contributed by atoms with E-state index in [1.807, 2.05) is 30.3 Å². The Morgan fingerprint density at radius 1 is 0.937 bits per heavy atom. The average Bonchev–Trinajstić information content (AvgIpc) is 3.76. The number of aromatic nitrogens is 1. The molecule has 4 aromatic carbocycles. The molecule has 1 aromatic heterocycles. The van der Waals surface area contributed by atoms with Gasteiger partial charge in [-0.15, -0.1) is 0 Å². The maximum atomic E-state index is 14.0. The molecule has 0 saturated carbocycles. The van der Waals surface area contributed by atoms with Crippen LogP contribution < -0.4 is 19.7 Å². The van der Waals surface area contributed by atoms with Gasteiger partial charge in [0, 0.05) is 92.3 Å². The molecule has 0 bridgehead atoms. The number of sulfonamides is 1. The third-order valence-corrected chi connectivity index (χ3v) is 13.9. The number of hydrogen-bond acceptors (Lipinski definition) is 11. The molecule has 16 heteroatoms. The van der Waals surface area contributed by atoms with E-state index in [0.29, 0.717) is 25.5 Å². The number of allylic oxidation sites excluding steroid dienone is 1. The fourth-order valence-electron chi connectivity index (χ4n) is 8.81. The molecule has 5 aromatic rings. The molecule has 2 aliphatic heterocycles. The van der Waals surface area contributed by atoms with E-state index in [-0.39, 0.29) is 22.4 Å². The van der Waals surface area contributed by atoms with E-state index in [0.717, 1.165) is 106 Å². The SMILES string of the molecule is CC1(C)CCC(c2ccc(Cl)cc2)=C(CN2CCN(c3ccc(C(=O)NS(=O)(=O)c4ccc(NCCCN5CCOCC5)c([N+](=O)[O-])c4)c(Oc4cccc5[nH]ccc45)c3)CC2)C1. The Labute approximate surface area is 373 Å². The van der Waals surface area contributed by atoms with Crippen molar-refractivity contribution in [2.45, 2.75) is 44.4 Å². The van der Waals surface area contributed by atoms with Gasteiger partial charge in [0.15, 0.2) is 0 Å². The van der Waals surface area contributed by atoms with Crippen LogP contribution in [0, 0.1) is 15.5 Å². The average molecular weight is 897 g/mol. The number of aromatic amines is 1. The van der Waals surface area contributed by atoms with E-state index >= 15 is 0 Å². The van der Waals surface area contributed by atoms with Crippen molar-refractivity contribution in [1.82, 2.24) is 19.5 Å². The van der Waals surface area contributed by atoms with Crippen LogP contribution in [0.5, 0.6) is 11.5 Å². The predicted molar refractivity (Wildman–Crippen MR) is 248 cm³/mol. The van der Waals surface area contributed by atoms with E-state index in [2.05, 4.69) is 55.7 Å². The number of morpholine rings is 1. The third-order valence-electron chi connectivity index (χ3n) is 12.3. The van der Waals surface area contributed by atoms with Gasteiger partial charge in [0.1, 0.15) is 17.2 Å². The van der Waals surface area contributed by atoms with Gasteiger partial charge < -0.3 is 24.7 Å². The smallest absolute Gasteiger partial charge is 0.293 e. The number of nitrogens with one attached hydrogen (secondary N) is 3. The number of ether oxygens (including phenoxy) is 2. The maximum Gasteiger partial charge on any atom is 0.293 e. The Kier molecular flexibility index (Phi) is 13.4. The van der Waals surface area contributed by atoms with Crippen LogP contribution in [-0.4, -0.2) is 106 Å². The first-order chi connectivity index (χ1) is 30.3. The van der Waals surface area contributed by atoms with Gasteiger partial charge in [0.05, 0.1) is 28.6 Å². The summed E-state index contributed by atoms with van der Waals surface area (Å²) in [7, 11) is -4.55. The van der Waals surface area contributed by atoms with E-state index in [9.17, 15) is 23.3 Å². The van der Waals surface area contributed by atoms with Gasteiger partial charge in [-0.1, -0.05) is 49.2 Å². The molecule has 3 heterocycles. The molecule has 14 nitrogen and oxygen atoms in total. The molecule has 3 N–H and O–H groups in total. The normalized spacial score (nSPS) is 17.5. The minimum absolute atomic E-state index is 0.0110. The highest BCUT2D eigenvalue weighted by Crippen LogP contribution is 2.43. The Hall–Kier alpha value is -5.45. The molecule has 0 atom stereocenters.